The molecule has 234 valence electrons. The molecular formula is C33H54O8. The van der Waals surface area contributed by atoms with E-state index in [0.717, 1.165) is 38.5 Å². The van der Waals surface area contributed by atoms with E-state index in [1.165, 1.54) is 18.4 Å². The molecule has 3 saturated carbocycles. The molecule has 0 spiro atoms. The first kappa shape index (κ1) is 32.8. The third kappa shape index (κ3) is 6.70. The van der Waals surface area contributed by atoms with Crippen molar-refractivity contribution >= 4 is 0 Å². The normalized spacial score (nSPS) is 44.8. The Morgan fingerprint density at radius 1 is 1.10 bits per heavy atom. The first-order valence-electron chi connectivity index (χ1n) is 15.6. The largest absolute Gasteiger partial charge is 0.394 e. The predicted molar refractivity (Wildman–Crippen MR) is 157 cm³/mol. The minimum atomic E-state index is -1.73. The van der Waals surface area contributed by atoms with Crippen LogP contribution in [0.5, 0.6) is 0 Å². The lowest BCUT2D eigenvalue weighted by atomic mass is 9.60. The summed E-state index contributed by atoms with van der Waals surface area (Å²) in [6.07, 6.45) is 4.43. The summed E-state index contributed by atoms with van der Waals surface area (Å²) in [5.41, 5.74) is 0.439. The standard InChI is InChI=1S/C33H54O8/c1-19(8-6-14-31(3,4)39)23-12-13-24-21(9-7-15-32(23,24)5)10-11-22-16-33(40,17-25(35)20(22)2)30-29(38)28(37)27(36)26(18-34)41-30/h10-11,19,23-30,34-40H,2,6-9,12-18H2,1,3-5H3/b21-10?,22-11-/t19-,23-,24?,25?,26-,27-,28+,29-,30-,32-,33-/m1/s1. The van der Waals surface area contributed by atoms with Crippen LogP contribution in [0.2, 0.25) is 0 Å². The number of hydrogen-bond acceptors (Lipinski definition) is 8. The zero-order valence-electron chi connectivity index (χ0n) is 25.4. The van der Waals surface area contributed by atoms with Gasteiger partial charge in [0.15, 0.2) is 0 Å². The van der Waals surface area contributed by atoms with Crippen molar-refractivity contribution in [1.82, 2.24) is 0 Å². The number of rotatable bonds is 8. The SMILES string of the molecule is C=C1/C(=C\C=C2CCC[C@@]3(C)C2CC[C@@H]3[C@H](C)CCCC(C)(C)O)C[C@](O)([C@@H]2O[C@H](CO)[C@@H](O)[C@H](O)[C@H]2O)CC1O. The number of ether oxygens (including phenoxy) is 1. The molecule has 7 N–H and O–H groups in total. The van der Waals surface area contributed by atoms with E-state index in [-0.39, 0.29) is 18.3 Å². The average molecular weight is 579 g/mol. The lowest BCUT2D eigenvalue weighted by Gasteiger charge is -2.49. The zero-order chi connectivity index (χ0) is 30.3. The van der Waals surface area contributed by atoms with Gasteiger partial charge in [-0.05, 0) is 86.7 Å². The molecule has 8 heteroatoms. The van der Waals surface area contributed by atoms with Gasteiger partial charge in [-0.25, -0.2) is 0 Å². The van der Waals surface area contributed by atoms with Gasteiger partial charge in [0.25, 0.3) is 0 Å². The van der Waals surface area contributed by atoms with Crippen molar-refractivity contribution < 1.29 is 40.5 Å². The fourth-order valence-electron chi connectivity index (χ4n) is 8.60. The molecule has 1 aliphatic heterocycles. The maximum atomic E-state index is 11.6. The lowest BCUT2D eigenvalue weighted by Crippen LogP contribution is -2.66. The van der Waals surface area contributed by atoms with E-state index in [2.05, 4.69) is 26.5 Å². The third-order valence-electron chi connectivity index (χ3n) is 11.0. The van der Waals surface area contributed by atoms with Crippen LogP contribution in [-0.4, -0.2) is 90.2 Å². The molecule has 0 bridgehead atoms. The summed E-state index contributed by atoms with van der Waals surface area (Å²) in [5, 5.41) is 73.4. The Morgan fingerprint density at radius 2 is 1.80 bits per heavy atom. The predicted octanol–water partition coefficient (Wildman–Crippen LogP) is 2.92. The third-order valence-corrected chi connectivity index (χ3v) is 11.0. The van der Waals surface area contributed by atoms with E-state index >= 15 is 0 Å². The highest BCUT2D eigenvalue weighted by Gasteiger charge is 2.55. The summed E-state index contributed by atoms with van der Waals surface area (Å²) < 4.78 is 5.69. The molecule has 0 aromatic rings. The molecule has 1 heterocycles. The van der Waals surface area contributed by atoms with Gasteiger partial charge >= 0.3 is 0 Å². The van der Waals surface area contributed by atoms with Crippen LogP contribution in [0.4, 0.5) is 0 Å². The highest BCUT2D eigenvalue weighted by molar-refractivity contribution is 5.41. The first-order valence-corrected chi connectivity index (χ1v) is 15.6. The van der Waals surface area contributed by atoms with Crippen LogP contribution >= 0.6 is 0 Å². The van der Waals surface area contributed by atoms with E-state index in [0.29, 0.717) is 28.9 Å². The van der Waals surface area contributed by atoms with Gasteiger partial charge in [0.1, 0.15) is 36.1 Å². The molecule has 3 aliphatic carbocycles. The number of fused-ring (bicyclic) bond motifs is 1. The van der Waals surface area contributed by atoms with Crippen molar-refractivity contribution in [3.8, 4) is 0 Å². The van der Waals surface area contributed by atoms with Crippen LogP contribution in [0.1, 0.15) is 91.9 Å². The summed E-state index contributed by atoms with van der Waals surface area (Å²) in [5.74, 6) is 1.70. The Balaban J connectivity index is 1.52. The molecule has 0 aromatic carbocycles. The second-order valence-electron chi connectivity index (χ2n) is 14.5. The molecule has 0 aromatic heterocycles. The molecule has 1 saturated heterocycles. The summed E-state index contributed by atoms with van der Waals surface area (Å²) in [6, 6.07) is 0. The van der Waals surface area contributed by atoms with Gasteiger partial charge in [-0.3, -0.25) is 0 Å². The Kier molecular flexibility index (Phi) is 9.99. The van der Waals surface area contributed by atoms with Gasteiger partial charge in [-0.2, -0.15) is 0 Å². The van der Waals surface area contributed by atoms with Gasteiger partial charge in [0.2, 0.25) is 0 Å². The highest BCUT2D eigenvalue weighted by Crippen LogP contribution is 2.60. The van der Waals surface area contributed by atoms with Gasteiger partial charge in [-0.1, -0.05) is 51.0 Å². The van der Waals surface area contributed by atoms with Crippen LogP contribution in [-0.2, 0) is 4.74 Å². The van der Waals surface area contributed by atoms with Crippen molar-refractivity contribution in [3.05, 3.63) is 35.5 Å². The van der Waals surface area contributed by atoms with Crippen molar-refractivity contribution in [2.24, 2.45) is 23.2 Å². The minimum Gasteiger partial charge on any atom is -0.394 e. The van der Waals surface area contributed by atoms with E-state index < -0.39 is 54.4 Å². The molecule has 4 fully saturated rings. The molecule has 0 amide bonds. The first-order chi connectivity index (χ1) is 19.1. The summed E-state index contributed by atoms with van der Waals surface area (Å²) in [6.45, 7) is 12.1. The maximum absolute atomic E-state index is 11.6. The van der Waals surface area contributed by atoms with Gasteiger partial charge < -0.3 is 40.5 Å². The Bertz CT molecular complexity index is 998. The molecule has 0 radical (unpaired) electrons. The van der Waals surface area contributed by atoms with Crippen molar-refractivity contribution in [1.29, 1.82) is 0 Å². The zero-order valence-corrected chi connectivity index (χ0v) is 25.4. The lowest BCUT2D eigenvalue weighted by molar-refractivity contribution is -0.274. The van der Waals surface area contributed by atoms with Gasteiger partial charge in [-0.15, -0.1) is 0 Å². The van der Waals surface area contributed by atoms with Gasteiger partial charge in [0, 0.05) is 12.8 Å². The van der Waals surface area contributed by atoms with E-state index in [1.807, 2.05) is 19.9 Å². The van der Waals surface area contributed by atoms with E-state index in [9.17, 15) is 35.7 Å². The van der Waals surface area contributed by atoms with Crippen molar-refractivity contribution in [3.63, 3.8) is 0 Å². The Labute approximate surface area is 245 Å². The second-order valence-corrected chi connectivity index (χ2v) is 14.5. The molecule has 2 unspecified atom stereocenters. The quantitative estimate of drug-likeness (QED) is 0.232. The molecule has 4 aliphatic rings. The number of aliphatic hydroxyl groups is 7. The smallest absolute Gasteiger partial charge is 0.116 e. The summed E-state index contributed by atoms with van der Waals surface area (Å²) >= 11 is 0. The highest BCUT2D eigenvalue weighted by atomic mass is 16.6. The molecular weight excluding hydrogens is 524 g/mol. The average Bonchev–Trinajstić information content (AvgIpc) is 3.25. The van der Waals surface area contributed by atoms with E-state index in [4.69, 9.17) is 4.74 Å². The molecule has 8 nitrogen and oxygen atoms in total. The fourth-order valence-corrected chi connectivity index (χ4v) is 8.60. The van der Waals surface area contributed by atoms with E-state index in [1.54, 1.807) is 0 Å². The summed E-state index contributed by atoms with van der Waals surface area (Å²) in [4.78, 5) is 0. The van der Waals surface area contributed by atoms with Crippen molar-refractivity contribution in [2.75, 3.05) is 6.61 Å². The fraction of sp³-hybridized carbons (Fsp3) is 0.818. The minimum absolute atomic E-state index is 0.0537. The Morgan fingerprint density at radius 3 is 2.46 bits per heavy atom. The topological polar surface area (TPSA) is 151 Å². The van der Waals surface area contributed by atoms with Crippen LogP contribution in [0, 0.1) is 23.2 Å². The van der Waals surface area contributed by atoms with Crippen LogP contribution in [0.25, 0.3) is 0 Å². The Hall–Kier alpha value is -1.10. The number of aliphatic hydroxyl groups excluding tert-OH is 5. The molecule has 41 heavy (non-hydrogen) atoms. The maximum Gasteiger partial charge on any atom is 0.116 e. The number of allylic oxidation sites excluding steroid dienone is 3. The molecule has 11 atom stereocenters. The second kappa shape index (κ2) is 12.5. The number of hydrogen-bond donors (Lipinski definition) is 7. The van der Waals surface area contributed by atoms with Crippen LogP contribution in [0.15, 0.2) is 35.5 Å². The van der Waals surface area contributed by atoms with Crippen LogP contribution < -0.4 is 0 Å². The van der Waals surface area contributed by atoms with Crippen molar-refractivity contribution in [2.45, 2.75) is 140 Å². The monoisotopic (exact) mass is 578 g/mol. The molecule has 4 rings (SSSR count). The van der Waals surface area contributed by atoms with Gasteiger partial charge in [0.05, 0.1) is 18.3 Å². The van der Waals surface area contributed by atoms with Crippen LogP contribution in [0.3, 0.4) is 0 Å². The summed E-state index contributed by atoms with van der Waals surface area (Å²) in [7, 11) is 0.